The molecular weight excluding hydrogens is 298 g/mol. The monoisotopic (exact) mass is 319 g/mol. The van der Waals surface area contributed by atoms with E-state index in [1.807, 2.05) is 33.0 Å². The summed E-state index contributed by atoms with van der Waals surface area (Å²) in [6, 6.07) is 4.19. The van der Waals surface area contributed by atoms with E-state index in [4.69, 9.17) is 4.74 Å². The molecule has 1 unspecified atom stereocenters. The second-order valence-corrected chi connectivity index (χ2v) is 7.41. The number of amides is 1. The van der Waals surface area contributed by atoms with Gasteiger partial charge < -0.3 is 15.0 Å². The number of fused-ring (bicyclic) bond motifs is 1. The van der Waals surface area contributed by atoms with Crippen LogP contribution in [0.4, 0.5) is 10.5 Å². The topological polar surface area (TPSA) is 54.5 Å². The van der Waals surface area contributed by atoms with E-state index in [-0.39, 0.29) is 12.1 Å². The molecule has 3 rings (SSSR count). The fourth-order valence-corrected chi connectivity index (χ4v) is 3.59. The van der Waals surface area contributed by atoms with Crippen LogP contribution in [0.25, 0.3) is 10.2 Å². The lowest BCUT2D eigenvalue weighted by atomic mass is 10.2. The number of ether oxygens (including phenoxy) is 1. The van der Waals surface area contributed by atoms with Gasteiger partial charge in [-0.2, -0.15) is 0 Å². The summed E-state index contributed by atoms with van der Waals surface area (Å²) in [5.74, 6) is 0. The first kappa shape index (κ1) is 15.1. The lowest BCUT2D eigenvalue weighted by molar-refractivity contribution is 0.0509. The third kappa shape index (κ3) is 3.32. The summed E-state index contributed by atoms with van der Waals surface area (Å²) < 4.78 is 5.32. The van der Waals surface area contributed by atoms with Crippen molar-refractivity contribution in [2.45, 2.75) is 38.8 Å². The minimum Gasteiger partial charge on any atom is -0.444 e. The Hall–Kier alpha value is -1.82. The van der Waals surface area contributed by atoms with Crippen molar-refractivity contribution in [3.63, 3.8) is 0 Å². The highest BCUT2D eigenvalue weighted by molar-refractivity contribution is 7.17. The molecule has 2 aromatic rings. The summed E-state index contributed by atoms with van der Waals surface area (Å²) in [6.07, 6.45) is 2.41. The number of anilines is 1. The van der Waals surface area contributed by atoms with Gasteiger partial charge in [0.1, 0.15) is 10.4 Å². The van der Waals surface area contributed by atoms with Crippen LogP contribution in [0.1, 0.15) is 27.2 Å². The highest BCUT2D eigenvalue weighted by atomic mass is 32.1. The predicted octanol–water partition coefficient (Wildman–Crippen LogP) is 3.40. The van der Waals surface area contributed by atoms with Gasteiger partial charge in [0, 0.05) is 30.1 Å². The van der Waals surface area contributed by atoms with Crippen molar-refractivity contribution < 1.29 is 9.53 Å². The van der Waals surface area contributed by atoms with Crippen molar-refractivity contribution >= 4 is 33.3 Å². The van der Waals surface area contributed by atoms with Gasteiger partial charge in [-0.25, -0.2) is 9.78 Å². The van der Waals surface area contributed by atoms with Crippen LogP contribution in [0.5, 0.6) is 0 Å². The summed E-state index contributed by atoms with van der Waals surface area (Å²) in [5.41, 5.74) is 0.749. The summed E-state index contributed by atoms with van der Waals surface area (Å²) >= 11 is 1.66. The van der Waals surface area contributed by atoms with E-state index in [9.17, 15) is 4.79 Å². The van der Waals surface area contributed by atoms with Crippen LogP contribution in [0.3, 0.4) is 0 Å². The van der Waals surface area contributed by atoms with Gasteiger partial charge >= 0.3 is 6.09 Å². The van der Waals surface area contributed by atoms with Crippen LogP contribution in [0, 0.1) is 0 Å². The fourth-order valence-electron chi connectivity index (χ4n) is 2.67. The molecule has 118 valence electrons. The van der Waals surface area contributed by atoms with Crippen LogP contribution >= 0.6 is 11.3 Å². The van der Waals surface area contributed by atoms with Gasteiger partial charge in [0.25, 0.3) is 0 Å². The molecule has 1 amide bonds. The van der Waals surface area contributed by atoms with E-state index in [0.29, 0.717) is 0 Å². The Balaban J connectivity index is 1.64. The first-order valence-corrected chi connectivity index (χ1v) is 8.37. The van der Waals surface area contributed by atoms with E-state index < -0.39 is 5.60 Å². The number of thiophene rings is 1. The quantitative estimate of drug-likeness (QED) is 0.922. The lowest BCUT2D eigenvalue weighted by Crippen LogP contribution is -2.40. The third-order valence-electron chi connectivity index (χ3n) is 3.58. The second-order valence-electron chi connectivity index (χ2n) is 6.55. The SMILES string of the molecule is CC(C)(C)OC(=O)NC1CCN(c2csc3ncccc23)C1. The van der Waals surface area contributed by atoms with Gasteiger partial charge in [0.15, 0.2) is 0 Å². The number of hydrogen-bond donors (Lipinski definition) is 1. The Bertz CT molecular complexity index is 677. The molecule has 0 aromatic carbocycles. The number of carbonyl (C=O) groups is 1. The molecule has 6 heteroatoms. The van der Waals surface area contributed by atoms with Gasteiger partial charge in [-0.05, 0) is 39.3 Å². The van der Waals surface area contributed by atoms with Crippen LogP contribution in [0.2, 0.25) is 0 Å². The average molecular weight is 319 g/mol. The molecule has 5 nitrogen and oxygen atoms in total. The van der Waals surface area contributed by atoms with Crippen LogP contribution in [0.15, 0.2) is 23.7 Å². The van der Waals surface area contributed by atoms with E-state index in [1.54, 1.807) is 11.3 Å². The summed E-state index contributed by atoms with van der Waals surface area (Å²) in [5, 5.41) is 6.29. The molecule has 1 aliphatic heterocycles. The van der Waals surface area contributed by atoms with E-state index in [0.717, 1.165) is 24.3 Å². The van der Waals surface area contributed by atoms with Crippen LogP contribution in [-0.4, -0.2) is 35.8 Å². The number of hydrogen-bond acceptors (Lipinski definition) is 5. The molecule has 0 spiro atoms. The molecule has 22 heavy (non-hydrogen) atoms. The zero-order valence-electron chi connectivity index (χ0n) is 13.1. The number of nitrogens with zero attached hydrogens (tertiary/aromatic N) is 2. The Labute approximate surface area is 134 Å². The Morgan fingerprint density at radius 3 is 3.09 bits per heavy atom. The third-order valence-corrected chi connectivity index (χ3v) is 4.47. The maximum Gasteiger partial charge on any atom is 0.407 e. The van der Waals surface area contributed by atoms with Gasteiger partial charge in [0.05, 0.1) is 11.7 Å². The van der Waals surface area contributed by atoms with Crippen LogP contribution in [-0.2, 0) is 4.74 Å². The fraction of sp³-hybridized carbons (Fsp3) is 0.500. The highest BCUT2D eigenvalue weighted by Crippen LogP contribution is 2.33. The zero-order chi connectivity index (χ0) is 15.7. The molecule has 0 radical (unpaired) electrons. The van der Waals surface area contributed by atoms with Crippen molar-refractivity contribution in [1.82, 2.24) is 10.3 Å². The van der Waals surface area contributed by atoms with Gasteiger partial charge in [-0.15, -0.1) is 11.3 Å². The minimum atomic E-state index is -0.461. The standard InChI is InChI=1S/C16H21N3O2S/c1-16(2,3)21-15(20)18-11-6-8-19(9-11)13-10-22-14-12(13)5-4-7-17-14/h4-5,7,10-11H,6,8-9H2,1-3H3,(H,18,20). The Kier molecular flexibility index (Phi) is 3.95. The molecule has 1 fully saturated rings. The van der Waals surface area contributed by atoms with Crippen molar-refractivity contribution in [2.24, 2.45) is 0 Å². The molecule has 2 aromatic heterocycles. The maximum absolute atomic E-state index is 11.9. The largest absolute Gasteiger partial charge is 0.444 e. The molecule has 3 heterocycles. The van der Waals surface area contributed by atoms with Gasteiger partial charge in [0.2, 0.25) is 0 Å². The van der Waals surface area contributed by atoms with E-state index in [2.05, 4.69) is 26.6 Å². The number of carbonyl (C=O) groups excluding carboxylic acids is 1. The molecule has 0 bridgehead atoms. The van der Waals surface area contributed by atoms with Crippen molar-refractivity contribution in [2.75, 3.05) is 18.0 Å². The molecule has 0 saturated carbocycles. The normalized spacial score (nSPS) is 18.7. The second kappa shape index (κ2) is 5.76. The summed E-state index contributed by atoms with van der Waals surface area (Å²) in [7, 11) is 0. The van der Waals surface area contributed by atoms with Crippen molar-refractivity contribution in [3.8, 4) is 0 Å². The number of rotatable bonds is 2. The van der Waals surface area contributed by atoms with Gasteiger partial charge in [-0.3, -0.25) is 0 Å². The Morgan fingerprint density at radius 1 is 1.50 bits per heavy atom. The maximum atomic E-state index is 11.9. The molecular formula is C16H21N3O2S. The predicted molar refractivity (Wildman–Crippen MR) is 89.6 cm³/mol. The molecule has 1 saturated heterocycles. The van der Waals surface area contributed by atoms with E-state index >= 15 is 0 Å². The van der Waals surface area contributed by atoms with Crippen molar-refractivity contribution in [3.05, 3.63) is 23.7 Å². The lowest BCUT2D eigenvalue weighted by Gasteiger charge is -2.22. The van der Waals surface area contributed by atoms with Gasteiger partial charge in [-0.1, -0.05) is 0 Å². The van der Waals surface area contributed by atoms with Crippen molar-refractivity contribution in [1.29, 1.82) is 0 Å². The smallest absolute Gasteiger partial charge is 0.407 e. The first-order valence-electron chi connectivity index (χ1n) is 7.49. The first-order chi connectivity index (χ1) is 10.4. The number of nitrogens with one attached hydrogen (secondary N) is 1. The molecule has 1 N–H and O–H groups in total. The molecule has 0 aliphatic carbocycles. The zero-order valence-corrected chi connectivity index (χ0v) is 13.9. The number of aromatic nitrogens is 1. The average Bonchev–Trinajstić information content (AvgIpc) is 3.02. The summed E-state index contributed by atoms with van der Waals surface area (Å²) in [6.45, 7) is 7.36. The molecule has 1 atom stereocenters. The van der Waals surface area contributed by atoms with E-state index in [1.165, 1.54) is 11.1 Å². The molecule has 1 aliphatic rings. The Morgan fingerprint density at radius 2 is 2.32 bits per heavy atom. The minimum absolute atomic E-state index is 0.126. The number of alkyl carbamates (subject to hydrolysis) is 1. The summed E-state index contributed by atoms with van der Waals surface area (Å²) in [4.78, 5) is 19.6. The number of pyridine rings is 1. The van der Waals surface area contributed by atoms with Crippen LogP contribution < -0.4 is 10.2 Å². The highest BCUT2D eigenvalue weighted by Gasteiger charge is 2.27.